The van der Waals surface area contributed by atoms with Crippen molar-refractivity contribution in [3.05, 3.63) is 35.2 Å². The first-order chi connectivity index (χ1) is 9.52. The van der Waals surface area contributed by atoms with Crippen molar-refractivity contribution >= 4 is 28.7 Å². The summed E-state index contributed by atoms with van der Waals surface area (Å²) < 4.78 is 5.01. The molecule has 0 radical (unpaired) electrons. The molecule has 7 heteroatoms. The Bertz CT molecular complexity index is 642. The molecule has 0 aliphatic heterocycles. The van der Waals surface area contributed by atoms with E-state index in [4.69, 9.17) is 22.7 Å². The molecule has 2 rings (SSSR count). The minimum atomic E-state index is 0.282. The first kappa shape index (κ1) is 14.1. The van der Waals surface area contributed by atoms with Crippen LogP contribution in [0.2, 0.25) is 0 Å². The third-order valence-corrected chi connectivity index (χ3v) is 3.11. The highest BCUT2D eigenvalue weighted by molar-refractivity contribution is 7.80. The number of nitrogens with one attached hydrogen (secondary N) is 1. The van der Waals surface area contributed by atoms with Crippen LogP contribution in [0.15, 0.2) is 18.3 Å². The largest absolute Gasteiger partial charge is 0.481 e. The highest BCUT2D eigenvalue weighted by Gasteiger charge is 2.13. The normalized spacial score (nSPS) is 10.2. The van der Waals surface area contributed by atoms with E-state index in [2.05, 4.69) is 20.5 Å². The van der Waals surface area contributed by atoms with Crippen molar-refractivity contribution in [2.24, 2.45) is 5.73 Å². The van der Waals surface area contributed by atoms with E-state index in [0.717, 1.165) is 16.9 Å². The Kier molecular flexibility index (Phi) is 4.09. The van der Waals surface area contributed by atoms with E-state index in [9.17, 15) is 0 Å². The lowest BCUT2D eigenvalue weighted by atomic mass is 10.1. The molecule has 0 bridgehead atoms. The van der Waals surface area contributed by atoms with Gasteiger partial charge in [0.25, 0.3) is 0 Å². The fourth-order valence-electron chi connectivity index (χ4n) is 1.71. The number of anilines is 2. The molecule has 0 amide bonds. The van der Waals surface area contributed by atoms with E-state index in [-0.39, 0.29) is 4.99 Å². The van der Waals surface area contributed by atoms with Crippen LogP contribution in [0.3, 0.4) is 0 Å². The summed E-state index contributed by atoms with van der Waals surface area (Å²) in [6, 6.07) is 3.57. The van der Waals surface area contributed by atoms with Crippen molar-refractivity contribution in [3.8, 4) is 5.88 Å². The number of methoxy groups -OCH3 is 1. The summed E-state index contributed by atoms with van der Waals surface area (Å²) in [6.07, 6.45) is 1.64. The van der Waals surface area contributed by atoms with Crippen LogP contribution in [-0.4, -0.2) is 27.3 Å². The number of thiocarbonyl (C=S) groups is 1. The van der Waals surface area contributed by atoms with Gasteiger partial charge >= 0.3 is 0 Å². The summed E-state index contributed by atoms with van der Waals surface area (Å²) in [6.45, 7) is 3.78. The fourth-order valence-corrected chi connectivity index (χ4v) is 1.96. The average Bonchev–Trinajstić information content (AvgIpc) is 2.43. The second-order valence-corrected chi connectivity index (χ2v) is 4.65. The molecule has 0 fully saturated rings. The number of aromatic nitrogens is 3. The lowest BCUT2D eigenvalue weighted by Gasteiger charge is -2.13. The van der Waals surface area contributed by atoms with Crippen molar-refractivity contribution in [2.75, 3.05) is 12.4 Å². The zero-order valence-corrected chi connectivity index (χ0v) is 12.3. The molecule has 0 aliphatic carbocycles. The van der Waals surface area contributed by atoms with Gasteiger partial charge in [0.1, 0.15) is 4.99 Å². The zero-order chi connectivity index (χ0) is 14.7. The Balaban J connectivity index is 2.37. The standard InChI is InChI=1S/C13H15N5OS/c1-7-8(2)17-18-13(11(7)12(14)20)16-9-4-5-10(19-3)15-6-9/h4-6H,1-3H3,(H2,14,20)(H,16,18). The molecule has 6 nitrogen and oxygen atoms in total. The Morgan fingerprint density at radius 3 is 2.60 bits per heavy atom. The molecule has 104 valence electrons. The smallest absolute Gasteiger partial charge is 0.213 e. The number of hydrogen-bond donors (Lipinski definition) is 2. The van der Waals surface area contributed by atoms with E-state index in [1.165, 1.54) is 0 Å². The summed E-state index contributed by atoms with van der Waals surface area (Å²) in [5, 5.41) is 11.3. The van der Waals surface area contributed by atoms with Crippen molar-refractivity contribution < 1.29 is 4.74 Å². The first-order valence-corrected chi connectivity index (χ1v) is 6.34. The number of nitrogens with zero attached hydrogens (tertiary/aromatic N) is 3. The number of nitrogens with two attached hydrogens (primary N) is 1. The van der Waals surface area contributed by atoms with Crippen molar-refractivity contribution in [3.63, 3.8) is 0 Å². The molecular formula is C13H15N5OS. The lowest BCUT2D eigenvalue weighted by molar-refractivity contribution is 0.398. The number of hydrogen-bond acceptors (Lipinski definition) is 6. The first-order valence-electron chi connectivity index (χ1n) is 5.93. The summed E-state index contributed by atoms with van der Waals surface area (Å²) >= 11 is 5.09. The van der Waals surface area contributed by atoms with Crippen LogP contribution in [0.5, 0.6) is 5.88 Å². The van der Waals surface area contributed by atoms with Crippen molar-refractivity contribution in [2.45, 2.75) is 13.8 Å². The van der Waals surface area contributed by atoms with Gasteiger partial charge < -0.3 is 15.8 Å². The van der Waals surface area contributed by atoms with Gasteiger partial charge in [-0.1, -0.05) is 12.2 Å². The molecule has 0 aliphatic rings. The molecule has 2 aromatic rings. The van der Waals surface area contributed by atoms with Crippen LogP contribution in [0.4, 0.5) is 11.5 Å². The van der Waals surface area contributed by atoms with Gasteiger partial charge in [0.2, 0.25) is 5.88 Å². The highest BCUT2D eigenvalue weighted by Crippen LogP contribution is 2.22. The second kappa shape index (κ2) is 5.79. The van der Waals surface area contributed by atoms with Crippen LogP contribution in [-0.2, 0) is 0 Å². The monoisotopic (exact) mass is 289 g/mol. The maximum Gasteiger partial charge on any atom is 0.213 e. The quantitative estimate of drug-likeness (QED) is 0.831. The molecular weight excluding hydrogens is 274 g/mol. The molecule has 3 N–H and O–H groups in total. The average molecular weight is 289 g/mol. The maximum atomic E-state index is 5.77. The van der Waals surface area contributed by atoms with Gasteiger partial charge in [-0.25, -0.2) is 4.98 Å². The van der Waals surface area contributed by atoms with Gasteiger partial charge in [0.05, 0.1) is 30.3 Å². The van der Waals surface area contributed by atoms with Crippen molar-refractivity contribution in [1.82, 2.24) is 15.2 Å². The number of aryl methyl sites for hydroxylation is 1. The van der Waals surface area contributed by atoms with Crippen LogP contribution in [0.1, 0.15) is 16.8 Å². The predicted octanol–water partition coefficient (Wildman–Crippen LogP) is 1.87. The van der Waals surface area contributed by atoms with Gasteiger partial charge in [-0.05, 0) is 25.5 Å². The molecule has 0 saturated heterocycles. The highest BCUT2D eigenvalue weighted by atomic mass is 32.1. The van der Waals surface area contributed by atoms with Crippen LogP contribution in [0, 0.1) is 13.8 Å². The van der Waals surface area contributed by atoms with Crippen LogP contribution in [0.25, 0.3) is 0 Å². The number of pyridine rings is 1. The van der Waals surface area contributed by atoms with Crippen LogP contribution < -0.4 is 15.8 Å². The fraction of sp³-hybridized carbons (Fsp3) is 0.231. The molecule has 2 aromatic heterocycles. The van der Waals surface area contributed by atoms with Gasteiger partial charge in [0.15, 0.2) is 5.82 Å². The summed E-state index contributed by atoms with van der Waals surface area (Å²) in [7, 11) is 1.56. The lowest BCUT2D eigenvalue weighted by Crippen LogP contribution is -2.16. The minimum Gasteiger partial charge on any atom is -0.481 e. The Hall–Kier alpha value is -2.28. The Morgan fingerprint density at radius 1 is 1.30 bits per heavy atom. The van der Waals surface area contributed by atoms with E-state index >= 15 is 0 Å². The predicted molar refractivity (Wildman–Crippen MR) is 81.5 cm³/mol. The molecule has 0 unspecified atom stereocenters. The summed E-state index contributed by atoms with van der Waals surface area (Å²) in [5.74, 6) is 1.06. The van der Waals surface area contributed by atoms with Gasteiger partial charge in [0, 0.05) is 6.07 Å². The van der Waals surface area contributed by atoms with Gasteiger partial charge in [-0.3, -0.25) is 0 Å². The van der Waals surface area contributed by atoms with Gasteiger partial charge in [-0.15, -0.1) is 5.10 Å². The van der Waals surface area contributed by atoms with Crippen molar-refractivity contribution in [1.29, 1.82) is 0 Å². The molecule has 0 saturated carbocycles. The molecule has 2 heterocycles. The SMILES string of the molecule is COc1ccc(Nc2nnc(C)c(C)c2C(N)=S)cn1. The molecule has 20 heavy (non-hydrogen) atoms. The minimum absolute atomic E-state index is 0.282. The van der Waals surface area contributed by atoms with Gasteiger partial charge in [-0.2, -0.15) is 5.10 Å². The van der Waals surface area contributed by atoms with E-state index < -0.39 is 0 Å². The third-order valence-electron chi connectivity index (χ3n) is 2.91. The number of ether oxygens (including phenoxy) is 1. The van der Waals surface area contributed by atoms with Crippen LogP contribution >= 0.6 is 12.2 Å². The third kappa shape index (κ3) is 2.83. The van der Waals surface area contributed by atoms with E-state index in [1.807, 2.05) is 19.9 Å². The Labute approximate surface area is 122 Å². The Morgan fingerprint density at radius 2 is 2.05 bits per heavy atom. The molecule has 0 aromatic carbocycles. The molecule has 0 atom stereocenters. The maximum absolute atomic E-state index is 5.77. The topological polar surface area (TPSA) is 86.0 Å². The zero-order valence-electron chi connectivity index (χ0n) is 11.5. The summed E-state index contributed by atoms with van der Waals surface area (Å²) in [4.78, 5) is 4.39. The van der Waals surface area contributed by atoms with E-state index in [1.54, 1.807) is 19.4 Å². The van der Waals surface area contributed by atoms with E-state index in [0.29, 0.717) is 17.3 Å². The summed E-state index contributed by atoms with van der Waals surface area (Å²) in [5.41, 5.74) is 8.93. The number of rotatable bonds is 4. The second-order valence-electron chi connectivity index (χ2n) is 4.21. The molecule has 0 spiro atoms.